The van der Waals surface area contributed by atoms with Crippen molar-refractivity contribution >= 4 is 35.2 Å². The van der Waals surface area contributed by atoms with Crippen LogP contribution < -0.4 is 10.1 Å². The van der Waals surface area contributed by atoms with Gasteiger partial charge in [0.15, 0.2) is 0 Å². The average Bonchev–Trinajstić information content (AvgIpc) is 2.87. The Morgan fingerprint density at radius 3 is 2.31 bits per heavy atom. The minimum absolute atomic E-state index is 0.0381. The molecule has 7 heteroatoms. The van der Waals surface area contributed by atoms with Gasteiger partial charge in [-0.3, -0.25) is 9.59 Å². The molecule has 0 heterocycles. The van der Waals surface area contributed by atoms with E-state index in [-0.39, 0.29) is 23.6 Å². The zero-order chi connectivity index (χ0) is 25.9. The third kappa shape index (κ3) is 8.61. The summed E-state index contributed by atoms with van der Waals surface area (Å²) in [6.07, 6.45) is 0.428. The molecular formula is C29H33ClN2O3S. The van der Waals surface area contributed by atoms with Crippen LogP contribution in [-0.2, 0) is 28.3 Å². The Balaban J connectivity index is 1.85. The lowest BCUT2D eigenvalue weighted by Crippen LogP contribution is -2.52. The second kappa shape index (κ2) is 14.0. The van der Waals surface area contributed by atoms with Crippen molar-refractivity contribution in [1.29, 1.82) is 0 Å². The van der Waals surface area contributed by atoms with Crippen molar-refractivity contribution in [3.05, 3.63) is 101 Å². The van der Waals surface area contributed by atoms with Crippen LogP contribution in [-0.4, -0.2) is 41.7 Å². The van der Waals surface area contributed by atoms with Crippen LogP contribution in [0.1, 0.15) is 30.5 Å². The van der Waals surface area contributed by atoms with Crippen LogP contribution in [0.15, 0.2) is 78.9 Å². The van der Waals surface area contributed by atoms with Crippen LogP contribution in [0.3, 0.4) is 0 Å². The molecule has 0 aliphatic rings. The molecule has 1 N–H and O–H groups in total. The maximum absolute atomic E-state index is 13.6. The molecule has 0 radical (unpaired) electrons. The van der Waals surface area contributed by atoms with E-state index < -0.39 is 6.04 Å². The minimum atomic E-state index is -0.648. The van der Waals surface area contributed by atoms with Gasteiger partial charge in [0.2, 0.25) is 11.8 Å². The fourth-order valence-corrected chi connectivity index (χ4v) is 4.82. The van der Waals surface area contributed by atoms with Gasteiger partial charge in [-0.15, -0.1) is 11.8 Å². The largest absolute Gasteiger partial charge is 0.497 e. The number of methoxy groups -OCH3 is 1. The maximum Gasteiger partial charge on any atom is 0.243 e. The fourth-order valence-electron chi connectivity index (χ4n) is 3.82. The lowest BCUT2D eigenvalue weighted by molar-refractivity contribution is -0.139. The van der Waals surface area contributed by atoms with Crippen molar-refractivity contribution in [3.63, 3.8) is 0 Å². The first-order valence-corrected chi connectivity index (χ1v) is 13.5. The van der Waals surface area contributed by atoms with Gasteiger partial charge in [0, 0.05) is 29.8 Å². The Hall–Kier alpha value is -2.96. The van der Waals surface area contributed by atoms with E-state index in [0.29, 0.717) is 29.5 Å². The second-order valence-corrected chi connectivity index (χ2v) is 10.3. The van der Waals surface area contributed by atoms with Gasteiger partial charge in [-0.25, -0.2) is 0 Å². The molecule has 190 valence electrons. The molecule has 5 nitrogen and oxygen atoms in total. The SMILES string of the molecule is COc1cccc(CN(C(=O)CSCc2ccc(Cl)cc2)C(Cc2ccccc2)C(=O)NC(C)C)c1. The number of nitrogens with zero attached hydrogens (tertiary/aromatic N) is 1. The molecule has 1 atom stereocenters. The van der Waals surface area contributed by atoms with Crippen molar-refractivity contribution in [2.24, 2.45) is 0 Å². The first-order chi connectivity index (χ1) is 17.4. The molecule has 1 unspecified atom stereocenters. The Morgan fingerprint density at radius 1 is 0.944 bits per heavy atom. The molecule has 3 aromatic rings. The van der Waals surface area contributed by atoms with E-state index in [1.165, 1.54) is 11.8 Å². The number of benzene rings is 3. The van der Waals surface area contributed by atoms with E-state index in [1.807, 2.05) is 92.7 Å². The van der Waals surface area contributed by atoms with Gasteiger partial charge >= 0.3 is 0 Å². The standard InChI is InChI=1S/C29H33ClN2O3S/c1-21(2)31-29(34)27(17-22-8-5-4-6-9-22)32(18-24-10-7-11-26(16-24)35-3)28(33)20-36-19-23-12-14-25(30)15-13-23/h4-16,21,27H,17-20H2,1-3H3,(H,31,34). The number of carbonyl (C=O) groups excluding carboxylic acids is 2. The van der Waals surface area contributed by atoms with Gasteiger partial charge < -0.3 is 15.0 Å². The summed E-state index contributed by atoms with van der Waals surface area (Å²) in [4.78, 5) is 28.7. The smallest absolute Gasteiger partial charge is 0.243 e. The topological polar surface area (TPSA) is 58.6 Å². The Morgan fingerprint density at radius 2 is 1.64 bits per heavy atom. The Bertz CT molecular complexity index is 1120. The predicted molar refractivity (Wildman–Crippen MR) is 148 cm³/mol. The zero-order valence-electron chi connectivity index (χ0n) is 20.9. The van der Waals surface area contributed by atoms with E-state index in [9.17, 15) is 9.59 Å². The molecule has 0 aromatic heterocycles. The maximum atomic E-state index is 13.6. The number of amides is 2. The molecule has 0 aliphatic heterocycles. The van der Waals surface area contributed by atoms with Crippen molar-refractivity contribution < 1.29 is 14.3 Å². The first kappa shape index (κ1) is 27.6. The van der Waals surface area contributed by atoms with Gasteiger partial charge in [0.1, 0.15) is 11.8 Å². The van der Waals surface area contributed by atoms with Gasteiger partial charge in [-0.1, -0.05) is 66.2 Å². The summed E-state index contributed by atoms with van der Waals surface area (Å²) in [5.41, 5.74) is 2.99. The number of thioether (sulfide) groups is 1. The van der Waals surface area contributed by atoms with E-state index in [0.717, 1.165) is 16.7 Å². The highest BCUT2D eigenvalue weighted by Gasteiger charge is 2.30. The number of nitrogens with one attached hydrogen (secondary N) is 1. The third-order valence-corrected chi connectivity index (χ3v) is 6.84. The van der Waals surface area contributed by atoms with Gasteiger partial charge in [0.25, 0.3) is 0 Å². The van der Waals surface area contributed by atoms with Gasteiger partial charge in [0.05, 0.1) is 12.9 Å². The van der Waals surface area contributed by atoms with E-state index in [1.54, 1.807) is 12.0 Å². The van der Waals surface area contributed by atoms with Crippen molar-refractivity contribution in [1.82, 2.24) is 10.2 Å². The summed E-state index contributed by atoms with van der Waals surface area (Å²) in [5.74, 6) is 1.40. The molecule has 0 saturated carbocycles. The molecule has 0 spiro atoms. The minimum Gasteiger partial charge on any atom is -0.497 e. The van der Waals surface area contributed by atoms with E-state index >= 15 is 0 Å². The number of hydrogen-bond donors (Lipinski definition) is 1. The molecule has 0 saturated heterocycles. The highest BCUT2D eigenvalue weighted by Crippen LogP contribution is 2.21. The summed E-state index contributed by atoms with van der Waals surface area (Å²) in [5, 5.41) is 3.70. The summed E-state index contributed by atoms with van der Waals surface area (Å²) in [7, 11) is 1.61. The van der Waals surface area contributed by atoms with Crippen molar-refractivity contribution in [3.8, 4) is 5.75 Å². The van der Waals surface area contributed by atoms with Crippen LogP contribution in [0.5, 0.6) is 5.75 Å². The quantitative estimate of drug-likeness (QED) is 0.328. The lowest BCUT2D eigenvalue weighted by atomic mass is 10.0. The number of rotatable bonds is 12. The van der Waals surface area contributed by atoms with Crippen LogP contribution in [0.2, 0.25) is 5.02 Å². The first-order valence-electron chi connectivity index (χ1n) is 11.9. The van der Waals surface area contributed by atoms with Crippen LogP contribution >= 0.6 is 23.4 Å². The average molecular weight is 525 g/mol. The molecule has 2 amide bonds. The molecule has 3 rings (SSSR count). The number of carbonyl (C=O) groups is 2. The molecule has 0 bridgehead atoms. The van der Waals surface area contributed by atoms with Gasteiger partial charge in [-0.05, 0) is 54.8 Å². The summed E-state index contributed by atoms with van der Waals surface area (Å²) >= 11 is 7.51. The molecule has 0 aliphatic carbocycles. The molecule has 3 aromatic carbocycles. The molecule has 36 heavy (non-hydrogen) atoms. The lowest BCUT2D eigenvalue weighted by Gasteiger charge is -2.32. The molecular weight excluding hydrogens is 492 g/mol. The zero-order valence-corrected chi connectivity index (χ0v) is 22.5. The van der Waals surface area contributed by atoms with Crippen molar-refractivity contribution in [2.45, 2.75) is 44.6 Å². The Labute approximate surface area is 223 Å². The van der Waals surface area contributed by atoms with Gasteiger partial charge in [-0.2, -0.15) is 0 Å². The van der Waals surface area contributed by atoms with Crippen LogP contribution in [0.25, 0.3) is 0 Å². The summed E-state index contributed by atoms with van der Waals surface area (Å²) in [6.45, 7) is 4.15. The van der Waals surface area contributed by atoms with Crippen LogP contribution in [0, 0.1) is 0 Å². The highest BCUT2D eigenvalue weighted by atomic mass is 35.5. The number of ether oxygens (including phenoxy) is 1. The summed E-state index contributed by atoms with van der Waals surface area (Å²) in [6, 6.07) is 24.4. The molecule has 0 fully saturated rings. The van der Waals surface area contributed by atoms with E-state index in [2.05, 4.69) is 5.32 Å². The highest BCUT2D eigenvalue weighted by molar-refractivity contribution is 7.99. The number of halogens is 1. The van der Waals surface area contributed by atoms with Crippen molar-refractivity contribution in [2.75, 3.05) is 12.9 Å². The van der Waals surface area contributed by atoms with Crippen LogP contribution in [0.4, 0.5) is 0 Å². The fraction of sp³-hybridized carbons (Fsp3) is 0.310. The second-order valence-electron chi connectivity index (χ2n) is 8.86. The number of hydrogen-bond acceptors (Lipinski definition) is 4. The third-order valence-electron chi connectivity index (χ3n) is 5.60. The normalized spacial score (nSPS) is 11.7. The van der Waals surface area contributed by atoms with E-state index in [4.69, 9.17) is 16.3 Å². The monoisotopic (exact) mass is 524 g/mol. The Kier molecular flexibility index (Phi) is 10.7. The summed E-state index contributed by atoms with van der Waals surface area (Å²) < 4.78 is 5.38. The predicted octanol–water partition coefficient (Wildman–Crippen LogP) is 5.75.